The van der Waals surface area contributed by atoms with Gasteiger partial charge in [-0.2, -0.15) is 4.98 Å². The Bertz CT molecular complexity index is 736. The molecule has 128 valence electrons. The molecule has 8 heteroatoms. The molecule has 1 aromatic carbocycles. The lowest BCUT2D eigenvalue weighted by molar-refractivity contribution is -0.128. The van der Waals surface area contributed by atoms with Crippen molar-refractivity contribution in [2.45, 2.75) is 27.2 Å². The fourth-order valence-electron chi connectivity index (χ4n) is 1.83. The van der Waals surface area contributed by atoms with Gasteiger partial charge in [0.2, 0.25) is 17.8 Å². The summed E-state index contributed by atoms with van der Waals surface area (Å²) in [7, 11) is 0. The lowest BCUT2D eigenvalue weighted by atomic mass is 9.96. The number of rotatable bonds is 5. The van der Waals surface area contributed by atoms with Crippen molar-refractivity contribution in [2.24, 2.45) is 5.41 Å². The normalized spacial score (nSPS) is 11.2. The summed E-state index contributed by atoms with van der Waals surface area (Å²) in [5.41, 5.74) is 0.217. The number of halogens is 1. The fraction of sp³-hybridized carbons (Fsp3) is 0.375. The summed E-state index contributed by atoms with van der Waals surface area (Å²) in [5, 5.41) is 12.5. The van der Waals surface area contributed by atoms with E-state index in [1.165, 1.54) is 0 Å². The van der Waals surface area contributed by atoms with Crippen LogP contribution in [0.5, 0.6) is 0 Å². The number of nitrogens with one attached hydrogen (secondary N) is 3. The molecule has 1 heterocycles. The quantitative estimate of drug-likeness (QED) is 0.772. The Balaban J connectivity index is 1.87. The van der Waals surface area contributed by atoms with Gasteiger partial charge < -0.3 is 5.32 Å². The highest BCUT2D eigenvalue weighted by Gasteiger charge is 2.20. The molecule has 7 nitrogen and oxygen atoms in total. The van der Waals surface area contributed by atoms with Crippen LogP contribution in [0.4, 0.5) is 5.95 Å². The van der Waals surface area contributed by atoms with E-state index in [-0.39, 0.29) is 30.7 Å². The van der Waals surface area contributed by atoms with E-state index in [1.807, 2.05) is 32.9 Å². The summed E-state index contributed by atoms with van der Waals surface area (Å²) in [4.78, 5) is 27.8. The first-order valence-electron chi connectivity index (χ1n) is 7.53. The van der Waals surface area contributed by atoms with Gasteiger partial charge in [0.25, 0.3) is 0 Å². The second kappa shape index (κ2) is 7.44. The van der Waals surface area contributed by atoms with Gasteiger partial charge in [-0.3, -0.25) is 20.0 Å². The van der Waals surface area contributed by atoms with E-state index in [2.05, 4.69) is 25.8 Å². The van der Waals surface area contributed by atoms with Crippen LogP contribution in [0.1, 0.15) is 27.2 Å². The monoisotopic (exact) mass is 349 g/mol. The van der Waals surface area contributed by atoms with E-state index < -0.39 is 5.41 Å². The molecule has 0 atom stereocenters. The molecule has 1 aromatic heterocycles. The number of aromatic nitrogens is 3. The Morgan fingerprint density at radius 1 is 1.25 bits per heavy atom. The van der Waals surface area contributed by atoms with Crippen LogP contribution in [0.2, 0.25) is 5.02 Å². The predicted molar refractivity (Wildman–Crippen MR) is 92.5 cm³/mol. The summed E-state index contributed by atoms with van der Waals surface area (Å²) >= 11 is 6.09. The third-order valence-electron chi connectivity index (χ3n) is 3.18. The van der Waals surface area contributed by atoms with E-state index in [9.17, 15) is 9.59 Å². The number of H-pyrrole nitrogens is 1. The number of hydrogen-bond donors (Lipinski definition) is 3. The van der Waals surface area contributed by atoms with Gasteiger partial charge in [-0.1, -0.05) is 44.5 Å². The Kier molecular flexibility index (Phi) is 5.56. The van der Waals surface area contributed by atoms with Crippen molar-refractivity contribution in [3.05, 3.63) is 29.3 Å². The second-order valence-electron chi connectivity index (χ2n) is 6.29. The minimum atomic E-state index is -0.482. The molecule has 0 aliphatic carbocycles. The van der Waals surface area contributed by atoms with Gasteiger partial charge in [-0.05, 0) is 12.1 Å². The fourth-order valence-corrected chi connectivity index (χ4v) is 2.06. The SMILES string of the molecule is CC(C)(C)C(=O)NCCC(=O)Nc1n[nH]c(-c2ccccc2Cl)n1. The highest BCUT2D eigenvalue weighted by molar-refractivity contribution is 6.33. The van der Waals surface area contributed by atoms with Gasteiger partial charge in [0.1, 0.15) is 0 Å². The molecule has 0 radical (unpaired) electrons. The number of aromatic amines is 1. The zero-order valence-corrected chi connectivity index (χ0v) is 14.6. The number of benzene rings is 1. The average molecular weight is 350 g/mol. The molecule has 0 fully saturated rings. The molecule has 0 aliphatic heterocycles. The number of hydrogen-bond acceptors (Lipinski definition) is 4. The first kappa shape index (κ1) is 17.9. The molecule has 2 aromatic rings. The van der Waals surface area contributed by atoms with Gasteiger partial charge >= 0.3 is 0 Å². The van der Waals surface area contributed by atoms with Crippen LogP contribution in [0.15, 0.2) is 24.3 Å². The van der Waals surface area contributed by atoms with Crippen LogP contribution in [0.25, 0.3) is 11.4 Å². The Hall–Kier alpha value is -2.41. The smallest absolute Gasteiger partial charge is 0.249 e. The van der Waals surface area contributed by atoms with Crippen molar-refractivity contribution >= 4 is 29.4 Å². The van der Waals surface area contributed by atoms with Crippen molar-refractivity contribution in [1.29, 1.82) is 0 Å². The molecule has 0 unspecified atom stereocenters. The molecule has 0 saturated carbocycles. The lowest BCUT2D eigenvalue weighted by Gasteiger charge is -2.17. The highest BCUT2D eigenvalue weighted by Crippen LogP contribution is 2.24. The van der Waals surface area contributed by atoms with Gasteiger partial charge in [-0.15, -0.1) is 5.10 Å². The molecular formula is C16H20ClN5O2. The number of nitrogens with zero attached hydrogens (tertiary/aromatic N) is 2. The lowest BCUT2D eigenvalue weighted by Crippen LogP contribution is -2.36. The van der Waals surface area contributed by atoms with E-state index >= 15 is 0 Å². The maximum atomic E-state index is 11.9. The summed E-state index contributed by atoms with van der Waals surface area (Å²) < 4.78 is 0. The Morgan fingerprint density at radius 2 is 1.96 bits per heavy atom. The van der Waals surface area contributed by atoms with Crippen LogP contribution in [0.3, 0.4) is 0 Å². The third-order valence-corrected chi connectivity index (χ3v) is 3.51. The van der Waals surface area contributed by atoms with Crippen LogP contribution in [-0.2, 0) is 9.59 Å². The predicted octanol–water partition coefficient (Wildman–Crippen LogP) is 2.62. The van der Waals surface area contributed by atoms with Gasteiger partial charge in [0, 0.05) is 23.9 Å². The minimum Gasteiger partial charge on any atom is -0.355 e. The Morgan fingerprint density at radius 3 is 2.62 bits per heavy atom. The highest BCUT2D eigenvalue weighted by atomic mass is 35.5. The van der Waals surface area contributed by atoms with E-state index in [0.717, 1.165) is 0 Å². The molecule has 24 heavy (non-hydrogen) atoms. The summed E-state index contributed by atoms with van der Waals surface area (Å²) in [6.45, 7) is 5.69. The summed E-state index contributed by atoms with van der Waals surface area (Å²) in [6, 6.07) is 7.20. The summed E-state index contributed by atoms with van der Waals surface area (Å²) in [5.74, 6) is 0.247. The van der Waals surface area contributed by atoms with Gasteiger partial charge in [-0.25, -0.2) is 0 Å². The van der Waals surface area contributed by atoms with Gasteiger partial charge in [0.15, 0.2) is 5.82 Å². The molecule has 2 rings (SSSR count). The molecule has 0 saturated heterocycles. The second-order valence-corrected chi connectivity index (χ2v) is 6.70. The number of anilines is 1. The maximum Gasteiger partial charge on any atom is 0.249 e. The first-order valence-corrected chi connectivity index (χ1v) is 7.90. The molecule has 3 N–H and O–H groups in total. The largest absolute Gasteiger partial charge is 0.355 e. The van der Waals surface area contributed by atoms with E-state index in [0.29, 0.717) is 16.4 Å². The van der Waals surface area contributed by atoms with Crippen LogP contribution >= 0.6 is 11.6 Å². The van der Waals surface area contributed by atoms with Crippen molar-refractivity contribution in [3.63, 3.8) is 0 Å². The van der Waals surface area contributed by atoms with Crippen molar-refractivity contribution in [2.75, 3.05) is 11.9 Å². The number of carbonyl (C=O) groups excluding carboxylic acids is 2. The van der Waals surface area contributed by atoms with Crippen molar-refractivity contribution in [1.82, 2.24) is 20.5 Å². The molecule has 0 spiro atoms. The minimum absolute atomic E-state index is 0.103. The van der Waals surface area contributed by atoms with E-state index in [1.54, 1.807) is 12.1 Å². The zero-order valence-electron chi connectivity index (χ0n) is 13.8. The van der Waals surface area contributed by atoms with Crippen LogP contribution in [-0.4, -0.2) is 33.5 Å². The van der Waals surface area contributed by atoms with E-state index in [4.69, 9.17) is 11.6 Å². The van der Waals surface area contributed by atoms with Gasteiger partial charge in [0.05, 0.1) is 5.02 Å². The molecule has 0 aliphatic rings. The number of carbonyl (C=O) groups is 2. The topological polar surface area (TPSA) is 99.8 Å². The zero-order chi connectivity index (χ0) is 17.7. The molecule has 2 amide bonds. The molecule has 0 bridgehead atoms. The standard InChI is InChI=1S/C16H20ClN5O2/c1-16(2,3)14(24)18-9-8-12(23)19-15-20-13(21-22-15)10-6-4-5-7-11(10)17/h4-7H,8-9H2,1-3H3,(H,18,24)(H2,19,20,21,22,23). The third kappa shape index (κ3) is 4.79. The van der Waals surface area contributed by atoms with Crippen molar-refractivity contribution in [3.8, 4) is 11.4 Å². The van der Waals surface area contributed by atoms with Crippen LogP contribution < -0.4 is 10.6 Å². The summed E-state index contributed by atoms with van der Waals surface area (Å²) in [6.07, 6.45) is 0.137. The average Bonchev–Trinajstić information content (AvgIpc) is 2.94. The Labute approximate surface area is 145 Å². The first-order chi connectivity index (χ1) is 11.3. The molecular weight excluding hydrogens is 330 g/mol. The maximum absolute atomic E-state index is 11.9. The van der Waals surface area contributed by atoms with Crippen molar-refractivity contribution < 1.29 is 9.59 Å². The van der Waals surface area contributed by atoms with Crippen LogP contribution in [0, 0.1) is 5.41 Å². The number of amides is 2.